The van der Waals surface area contributed by atoms with Crippen LogP contribution in [0, 0.1) is 0 Å². The molecule has 1 atom stereocenters. The first kappa shape index (κ1) is 12.6. The van der Waals surface area contributed by atoms with E-state index in [0.717, 1.165) is 17.0 Å². The molecule has 0 amide bonds. The van der Waals surface area contributed by atoms with Crippen LogP contribution in [0.2, 0.25) is 0 Å². The molecule has 0 bridgehead atoms. The lowest BCUT2D eigenvalue weighted by Crippen LogP contribution is -2.18. The van der Waals surface area contributed by atoms with Crippen molar-refractivity contribution in [2.75, 3.05) is 13.7 Å². The summed E-state index contributed by atoms with van der Waals surface area (Å²) in [6.07, 6.45) is 1.95. The van der Waals surface area contributed by atoms with Crippen LogP contribution in [0.1, 0.15) is 24.2 Å². The average Bonchev–Trinajstić information content (AvgIpc) is 2.78. The molecule has 0 saturated heterocycles. The molecule has 0 aliphatic carbocycles. The van der Waals surface area contributed by atoms with E-state index >= 15 is 0 Å². The lowest BCUT2D eigenvalue weighted by atomic mass is 10.0. The highest BCUT2D eigenvalue weighted by molar-refractivity contribution is 5.34. The van der Waals surface area contributed by atoms with Gasteiger partial charge in [0.2, 0.25) is 0 Å². The van der Waals surface area contributed by atoms with Gasteiger partial charge in [-0.1, -0.05) is 12.1 Å². The molecule has 96 valence electrons. The molecule has 2 aromatic rings. The third-order valence-electron chi connectivity index (χ3n) is 2.82. The zero-order valence-corrected chi connectivity index (χ0v) is 11.1. The van der Waals surface area contributed by atoms with Gasteiger partial charge in [-0.05, 0) is 37.7 Å². The van der Waals surface area contributed by atoms with Crippen molar-refractivity contribution in [3.63, 3.8) is 0 Å². The molecule has 1 aromatic carbocycles. The van der Waals surface area contributed by atoms with E-state index in [9.17, 15) is 0 Å². The fourth-order valence-corrected chi connectivity index (χ4v) is 2.02. The summed E-state index contributed by atoms with van der Waals surface area (Å²) in [5.74, 6) is 0.895. The number of nitrogens with one attached hydrogen (secondary N) is 1. The largest absolute Gasteiger partial charge is 0.494 e. The van der Waals surface area contributed by atoms with Gasteiger partial charge in [-0.2, -0.15) is 5.10 Å². The molecule has 1 aromatic heterocycles. The maximum Gasteiger partial charge on any atom is 0.119 e. The zero-order chi connectivity index (χ0) is 13.0. The van der Waals surface area contributed by atoms with Crippen molar-refractivity contribution in [2.24, 2.45) is 7.05 Å². The van der Waals surface area contributed by atoms with Gasteiger partial charge in [-0.15, -0.1) is 0 Å². The second kappa shape index (κ2) is 5.69. The van der Waals surface area contributed by atoms with Gasteiger partial charge in [0.05, 0.1) is 18.3 Å². The van der Waals surface area contributed by atoms with E-state index in [-0.39, 0.29) is 6.04 Å². The minimum Gasteiger partial charge on any atom is -0.494 e. The first-order chi connectivity index (χ1) is 8.74. The summed E-state index contributed by atoms with van der Waals surface area (Å²) >= 11 is 0. The number of benzene rings is 1. The highest BCUT2D eigenvalue weighted by atomic mass is 16.5. The van der Waals surface area contributed by atoms with Gasteiger partial charge in [0.15, 0.2) is 0 Å². The molecular formula is C14H19N3O. The van der Waals surface area contributed by atoms with Crippen LogP contribution in [0.4, 0.5) is 0 Å². The summed E-state index contributed by atoms with van der Waals surface area (Å²) in [4.78, 5) is 0. The third kappa shape index (κ3) is 2.71. The normalized spacial score (nSPS) is 12.4. The first-order valence-corrected chi connectivity index (χ1v) is 6.14. The number of nitrogens with zero attached hydrogens (tertiary/aromatic N) is 2. The quantitative estimate of drug-likeness (QED) is 0.877. The Bertz CT molecular complexity index is 507. The third-order valence-corrected chi connectivity index (χ3v) is 2.82. The molecule has 1 heterocycles. The van der Waals surface area contributed by atoms with Crippen LogP contribution in [0.5, 0.6) is 5.75 Å². The second-order valence-electron chi connectivity index (χ2n) is 4.14. The Morgan fingerprint density at radius 1 is 1.39 bits per heavy atom. The fraction of sp³-hybridized carbons (Fsp3) is 0.357. The number of ether oxygens (including phenoxy) is 1. The van der Waals surface area contributed by atoms with Crippen LogP contribution >= 0.6 is 0 Å². The van der Waals surface area contributed by atoms with Crippen LogP contribution in [0.3, 0.4) is 0 Å². The summed E-state index contributed by atoms with van der Waals surface area (Å²) < 4.78 is 7.34. The summed E-state index contributed by atoms with van der Waals surface area (Å²) in [7, 11) is 3.86. The van der Waals surface area contributed by atoms with Gasteiger partial charge in [0.1, 0.15) is 5.75 Å². The maximum atomic E-state index is 5.53. The Balaban J connectivity index is 2.29. The minimum atomic E-state index is 0.0895. The highest BCUT2D eigenvalue weighted by Gasteiger charge is 2.14. The lowest BCUT2D eigenvalue weighted by Gasteiger charge is -2.15. The van der Waals surface area contributed by atoms with Crippen molar-refractivity contribution in [2.45, 2.75) is 13.0 Å². The second-order valence-corrected chi connectivity index (χ2v) is 4.14. The standard InChI is InChI=1S/C14H19N3O/c1-4-18-12-7-5-6-11(10-12)14(15-2)13-8-9-17(3)16-13/h5-10,14-15H,4H2,1-3H3. The SMILES string of the molecule is CCOc1cccc(C(NC)c2ccn(C)n2)c1. The number of aromatic nitrogens is 2. The topological polar surface area (TPSA) is 39.1 Å². The first-order valence-electron chi connectivity index (χ1n) is 6.14. The van der Waals surface area contributed by atoms with E-state index in [4.69, 9.17) is 4.74 Å². The summed E-state index contributed by atoms with van der Waals surface area (Å²) in [6.45, 7) is 2.66. The van der Waals surface area contributed by atoms with Crippen LogP contribution in [-0.4, -0.2) is 23.4 Å². The van der Waals surface area contributed by atoms with E-state index in [1.807, 2.05) is 50.1 Å². The Morgan fingerprint density at radius 3 is 2.83 bits per heavy atom. The van der Waals surface area contributed by atoms with Crippen LogP contribution < -0.4 is 10.1 Å². The van der Waals surface area contributed by atoms with Gasteiger partial charge < -0.3 is 10.1 Å². The van der Waals surface area contributed by atoms with Crippen LogP contribution in [0.25, 0.3) is 0 Å². The molecule has 4 heteroatoms. The molecule has 0 aliphatic rings. The minimum absolute atomic E-state index is 0.0895. The molecule has 1 unspecified atom stereocenters. The maximum absolute atomic E-state index is 5.53. The molecule has 2 rings (SSSR count). The van der Waals surface area contributed by atoms with Crippen molar-refractivity contribution in [1.29, 1.82) is 0 Å². The van der Waals surface area contributed by atoms with Crippen molar-refractivity contribution < 1.29 is 4.74 Å². The van der Waals surface area contributed by atoms with Crippen molar-refractivity contribution in [1.82, 2.24) is 15.1 Å². The van der Waals surface area contributed by atoms with Crippen LogP contribution in [0.15, 0.2) is 36.5 Å². The van der Waals surface area contributed by atoms with E-state index in [1.165, 1.54) is 0 Å². The predicted octanol–water partition coefficient (Wildman–Crippen LogP) is 2.13. The number of rotatable bonds is 5. The highest BCUT2D eigenvalue weighted by Crippen LogP contribution is 2.23. The van der Waals surface area contributed by atoms with Gasteiger partial charge >= 0.3 is 0 Å². The Labute approximate surface area is 108 Å². The summed E-state index contributed by atoms with van der Waals surface area (Å²) in [6, 6.07) is 10.2. The molecular weight excluding hydrogens is 226 g/mol. The molecule has 4 nitrogen and oxygen atoms in total. The van der Waals surface area contributed by atoms with Gasteiger partial charge in [0.25, 0.3) is 0 Å². The van der Waals surface area contributed by atoms with E-state index in [0.29, 0.717) is 6.61 Å². The smallest absolute Gasteiger partial charge is 0.119 e. The van der Waals surface area contributed by atoms with Crippen molar-refractivity contribution in [3.05, 3.63) is 47.8 Å². The molecule has 0 radical (unpaired) electrons. The van der Waals surface area contributed by atoms with Gasteiger partial charge in [0, 0.05) is 13.2 Å². The Kier molecular flexibility index (Phi) is 3.99. The van der Waals surface area contributed by atoms with E-state index in [2.05, 4.69) is 22.5 Å². The summed E-state index contributed by atoms with van der Waals surface area (Å²) in [5.41, 5.74) is 2.16. The monoisotopic (exact) mass is 245 g/mol. The zero-order valence-electron chi connectivity index (χ0n) is 11.1. The van der Waals surface area contributed by atoms with Crippen molar-refractivity contribution >= 4 is 0 Å². The average molecular weight is 245 g/mol. The van der Waals surface area contributed by atoms with E-state index < -0.39 is 0 Å². The molecule has 1 N–H and O–H groups in total. The Hall–Kier alpha value is -1.81. The molecule has 0 fully saturated rings. The molecule has 18 heavy (non-hydrogen) atoms. The van der Waals surface area contributed by atoms with Crippen molar-refractivity contribution in [3.8, 4) is 5.75 Å². The predicted molar refractivity (Wildman–Crippen MR) is 71.7 cm³/mol. The lowest BCUT2D eigenvalue weighted by molar-refractivity contribution is 0.339. The van der Waals surface area contributed by atoms with Crippen LogP contribution in [-0.2, 0) is 7.05 Å². The Morgan fingerprint density at radius 2 is 2.22 bits per heavy atom. The summed E-state index contributed by atoms with van der Waals surface area (Å²) in [5, 5.41) is 7.73. The molecule has 0 aliphatic heterocycles. The number of hydrogen-bond acceptors (Lipinski definition) is 3. The number of hydrogen-bond donors (Lipinski definition) is 1. The van der Waals surface area contributed by atoms with Gasteiger partial charge in [-0.3, -0.25) is 4.68 Å². The molecule has 0 spiro atoms. The fourth-order valence-electron chi connectivity index (χ4n) is 2.02. The molecule has 0 saturated carbocycles. The van der Waals surface area contributed by atoms with Gasteiger partial charge in [-0.25, -0.2) is 0 Å². The van der Waals surface area contributed by atoms with E-state index in [1.54, 1.807) is 0 Å². The number of aryl methyl sites for hydroxylation is 1.